The van der Waals surface area contributed by atoms with Crippen molar-refractivity contribution in [3.05, 3.63) is 112 Å². The molecule has 2 aliphatic rings. The molecule has 0 saturated heterocycles. The topological polar surface area (TPSA) is 98.4 Å². The number of anilines is 1. The zero-order valence-corrected chi connectivity index (χ0v) is 18.2. The van der Waals surface area contributed by atoms with Crippen molar-refractivity contribution in [2.24, 2.45) is 15.1 Å². The zero-order valence-electron chi connectivity index (χ0n) is 17.4. The molecule has 2 bridgehead atoms. The molecule has 0 aromatic heterocycles. The van der Waals surface area contributed by atoms with Gasteiger partial charge in [0.2, 0.25) is 0 Å². The van der Waals surface area contributed by atoms with E-state index in [1.165, 1.54) is 0 Å². The van der Waals surface area contributed by atoms with Gasteiger partial charge in [-0.25, -0.2) is 9.98 Å². The summed E-state index contributed by atoms with van der Waals surface area (Å²) < 4.78 is 0. The van der Waals surface area contributed by atoms with Gasteiger partial charge in [0.05, 0.1) is 16.8 Å². The van der Waals surface area contributed by atoms with Crippen LogP contribution in [0.3, 0.4) is 0 Å². The second-order valence-corrected chi connectivity index (χ2v) is 8.26. The van der Waals surface area contributed by atoms with Crippen molar-refractivity contribution in [3.8, 4) is 0 Å². The third-order valence-corrected chi connectivity index (χ3v) is 5.81. The highest BCUT2D eigenvalue weighted by Gasteiger charge is 2.15. The smallest absolute Gasteiger partial charge is 0.313 e. The van der Waals surface area contributed by atoms with E-state index in [9.17, 15) is 9.90 Å². The summed E-state index contributed by atoms with van der Waals surface area (Å²) in [5, 5.41) is 19.4. The number of rotatable bonds is 3. The van der Waals surface area contributed by atoms with E-state index in [2.05, 4.69) is 15.8 Å². The predicted molar refractivity (Wildman–Crippen MR) is 132 cm³/mol. The summed E-state index contributed by atoms with van der Waals surface area (Å²) in [6, 6.07) is 25.5. The minimum atomic E-state index is -0.939. The second kappa shape index (κ2) is 9.13. The van der Waals surface area contributed by atoms with Crippen LogP contribution in [0.1, 0.15) is 11.1 Å². The average Bonchev–Trinajstić information content (AvgIpc) is 3.27. The molecule has 0 saturated carbocycles. The lowest BCUT2D eigenvalue weighted by molar-refractivity contribution is -0.133. The van der Waals surface area contributed by atoms with Crippen LogP contribution in [0.5, 0.6) is 0 Å². The number of thioether (sulfide) groups is 1. The number of amidine groups is 1. The molecule has 33 heavy (non-hydrogen) atoms. The standard InChI is InChI=1S/C25H19N5O2S/c31-22(32)15-33-25-28-24(21-14-17-9-4-5-12-20(17)27-21)26-19-11-6-10-18(13-19)23(29-30-25)16-7-2-1-3-8-16/h1-14,26H,15H2,(H,28,30)(H,31,32)/b24-21-,29-23?. The lowest BCUT2D eigenvalue weighted by Crippen LogP contribution is -2.21. The number of carboxylic acid groups (broad SMARTS) is 1. The number of nitrogens with zero attached hydrogens (tertiary/aromatic N) is 3. The van der Waals surface area contributed by atoms with Crippen molar-refractivity contribution in [2.75, 3.05) is 11.1 Å². The molecule has 2 heterocycles. The number of fused-ring (bicyclic) bond motifs is 3. The molecule has 8 heteroatoms. The number of hydrogen-bond acceptors (Lipinski definition) is 7. The van der Waals surface area contributed by atoms with Gasteiger partial charge in [-0.1, -0.05) is 72.4 Å². The van der Waals surface area contributed by atoms with Gasteiger partial charge in [-0.15, -0.1) is 0 Å². The van der Waals surface area contributed by atoms with Gasteiger partial charge in [0.1, 0.15) is 5.70 Å². The third-order valence-electron chi connectivity index (χ3n) is 4.97. The Labute approximate surface area is 194 Å². The van der Waals surface area contributed by atoms with Gasteiger partial charge in [0, 0.05) is 22.0 Å². The van der Waals surface area contributed by atoms with E-state index < -0.39 is 5.97 Å². The Balaban J connectivity index is 1.65. The van der Waals surface area contributed by atoms with Gasteiger partial charge in [-0.3, -0.25) is 10.2 Å². The molecular weight excluding hydrogens is 434 g/mol. The largest absolute Gasteiger partial charge is 0.481 e. The zero-order chi connectivity index (χ0) is 22.6. The monoisotopic (exact) mass is 453 g/mol. The quantitative estimate of drug-likeness (QED) is 0.567. The minimum Gasteiger partial charge on any atom is -0.481 e. The van der Waals surface area contributed by atoms with Crippen LogP contribution in [-0.4, -0.2) is 27.7 Å². The van der Waals surface area contributed by atoms with E-state index in [4.69, 9.17) is 9.98 Å². The molecule has 0 spiro atoms. The second-order valence-electron chi connectivity index (χ2n) is 7.29. The summed E-state index contributed by atoms with van der Waals surface area (Å²) in [6.07, 6.45) is 1.95. The van der Waals surface area contributed by atoms with Crippen molar-refractivity contribution < 1.29 is 9.90 Å². The Hall–Kier alpha value is -4.17. The Morgan fingerprint density at radius 3 is 2.52 bits per heavy atom. The van der Waals surface area contributed by atoms with E-state index in [1.807, 2.05) is 84.9 Å². The van der Waals surface area contributed by atoms with Crippen molar-refractivity contribution >= 4 is 40.4 Å². The number of para-hydroxylation sites is 1. The van der Waals surface area contributed by atoms with Gasteiger partial charge in [-0.2, -0.15) is 5.10 Å². The minimum absolute atomic E-state index is 0.156. The number of aliphatic imine (C=N–C) groups is 1. The number of hydrogen-bond donors (Lipinski definition) is 3. The predicted octanol–water partition coefficient (Wildman–Crippen LogP) is 2.91. The molecular formula is C25H19N5O2S. The fourth-order valence-electron chi connectivity index (χ4n) is 3.49. The molecule has 0 aliphatic carbocycles. The van der Waals surface area contributed by atoms with E-state index in [1.54, 1.807) is 0 Å². The number of allylic oxidation sites excluding steroid dienone is 1. The fraction of sp³-hybridized carbons (Fsp3) is 0.0400. The summed E-state index contributed by atoms with van der Waals surface area (Å²) in [6.45, 7) is 0. The van der Waals surface area contributed by atoms with Gasteiger partial charge in [0.25, 0.3) is 0 Å². The fourth-order valence-corrected chi connectivity index (χ4v) is 4.02. The molecule has 0 amide bonds. The van der Waals surface area contributed by atoms with Crippen LogP contribution in [0.15, 0.2) is 105 Å². The van der Waals surface area contributed by atoms with Crippen LogP contribution in [0.4, 0.5) is 5.69 Å². The highest BCUT2D eigenvalue weighted by molar-refractivity contribution is 8.14. The van der Waals surface area contributed by atoms with E-state index in [0.29, 0.717) is 16.7 Å². The maximum atomic E-state index is 11.2. The van der Waals surface area contributed by atoms with Crippen LogP contribution < -0.4 is 21.3 Å². The van der Waals surface area contributed by atoms with Crippen LogP contribution >= 0.6 is 11.8 Å². The van der Waals surface area contributed by atoms with Crippen molar-refractivity contribution in [3.63, 3.8) is 0 Å². The van der Waals surface area contributed by atoms with Gasteiger partial charge < -0.3 is 10.4 Å². The Morgan fingerprint density at radius 1 is 0.909 bits per heavy atom. The van der Waals surface area contributed by atoms with Crippen molar-refractivity contribution in [2.45, 2.75) is 0 Å². The number of carboxylic acids is 1. The highest BCUT2D eigenvalue weighted by atomic mass is 32.2. The lowest BCUT2D eigenvalue weighted by Gasteiger charge is -2.16. The first-order valence-electron chi connectivity index (χ1n) is 10.3. The summed E-state index contributed by atoms with van der Waals surface area (Å²) in [4.78, 5) is 20.6. The molecule has 0 radical (unpaired) electrons. The van der Waals surface area contributed by atoms with Crippen molar-refractivity contribution in [1.82, 2.24) is 5.43 Å². The molecule has 3 aromatic carbocycles. The first-order chi connectivity index (χ1) is 16.2. The van der Waals surface area contributed by atoms with Crippen LogP contribution in [-0.2, 0) is 4.79 Å². The number of aliphatic carboxylic acids is 1. The Bertz CT molecular complexity index is 1410. The molecule has 0 atom stereocenters. The number of hydrazone groups is 1. The SMILES string of the molecule is O=C(O)CSC1=N/C(=C2/C=c3ccccc3=N2)Nc2cccc(c2)C(c2ccccc2)=NN1. The third kappa shape index (κ3) is 4.70. The highest BCUT2D eigenvalue weighted by Crippen LogP contribution is 2.22. The molecule has 3 N–H and O–H groups in total. The number of nitrogens with one attached hydrogen (secondary N) is 2. The average molecular weight is 454 g/mol. The van der Waals surface area contributed by atoms with Gasteiger partial charge in [0.15, 0.2) is 11.0 Å². The molecule has 7 nitrogen and oxygen atoms in total. The normalized spacial score (nSPS) is 16.7. The number of benzene rings is 3. The van der Waals surface area contributed by atoms with Gasteiger partial charge >= 0.3 is 5.97 Å². The Morgan fingerprint density at radius 2 is 1.70 bits per heavy atom. The summed E-state index contributed by atoms with van der Waals surface area (Å²) >= 11 is 1.06. The molecule has 3 aromatic rings. The van der Waals surface area contributed by atoms with Crippen LogP contribution in [0.2, 0.25) is 0 Å². The maximum Gasteiger partial charge on any atom is 0.313 e. The summed E-state index contributed by atoms with van der Waals surface area (Å²) in [5.74, 6) is -0.593. The van der Waals surface area contributed by atoms with Gasteiger partial charge in [-0.05, 0) is 24.3 Å². The molecule has 2 aliphatic heterocycles. The van der Waals surface area contributed by atoms with E-state index in [-0.39, 0.29) is 5.75 Å². The molecule has 162 valence electrons. The summed E-state index contributed by atoms with van der Waals surface area (Å²) in [7, 11) is 0. The van der Waals surface area contributed by atoms with E-state index in [0.717, 1.165) is 44.9 Å². The molecule has 0 unspecified atom stereocenters. The molecule has 5 rings (SSSR count). The Kier molecular flexibility index (Phi) is 5.73. The lowest BCUT2D eigenvalue weighted by atomic mass is 10.0. The first kappa shape index (κ1) is 20.7. The first-order valence-corrected chi connectivity index (χ1v) is 11.2. The van der Waals surface area contributed by atoms with E-state index >= 15 is 0 Å². The van der Waals surface area contributed by atoms with Crippen LogP contribution in [0.25, 0.3) is 6.08 Å². The summed E-state index contributed by atoms with van der Waals surface area (Å²) in [5.41, 5.74) is 7.03. The van der Waals surface area contributed by atoms with Crippen LogP contribution in [0, 0.1) is 0 Å². The maximum absolute atomic E-state index is 11.2. The van der Waals surface area contributed by atoms with Crippen molar-refractivity contribution in [1.29, 1.82) is 0 Å². The molecule has 0 fully saturated rings. The number of carbonyl (C=O) groups is 1.